The molecule has 1 aliphatic heterocycles. The van der Waals surface area contributed by atoms with Crippen LogP contribution in [0.3, 0.4) is 0 Å². The molecule has 0 saturated heterocycles. The maximum absolute atomic E-state index is 11.2. The van der Waals surface area contributed by atoms with Crippen LogP contribution in [0.5, 0.6) is 0 Å². The molecule has 0 amide bonds. The van der Waals surface area contributed by atoms with Gasteiger partial charge in [0.15, 0.2) is 0 Å². The average molecular weight is 924 g/mol. The van der Waals surface area contributed by atoms with Gasteiger partial charge in [0.1, 0.15) is 0 Å². The number of anilines is 2. The van der Waals surface area contributed by atoms with Gasteiger partial charge in [0.2, 0.25) is 6.67 Å². The molecule has 0 fully saturated rings. The van der Waals surface area contributed by atoms with Crippen LogP contribution in [-0.2, 0) is 22.4 Å². The normalized spacial score (nSPS) is 14.2. The third-order valence-electron chi connectivity index (χ3n) is 6.65. The van der Waals surface area contributed by atoms with Crippen LogP contribution in [-0.4, -0.2) is 19.5 Å². The molecule has 11 heteroatoms. The van der Waals surface area contributed by atoms with E-state index in [1.807, 2.05) is 24.3 Å². The number of para-hydroxylation sites is 2. The van der Waals surface area contributed by atoms with E-state index in [4.69, 9.17) is 5.26 Å². The first-order valence-corrected chi connectivity index (χ1v) is 20.2. The minimum atomic E-state index is -11.2. The van der Waals surface area contributed by atoms with Gasteiger partial charge >= 0.3 is 58.7 Å². The summed E-state index contributed by atoms with van der Waals surface area (Å²) in [7, 11) is 0. The first-order chi connectivity index (χ1) is 20.1. The molecule has 1 aliphatic rings. The molecule has 0 aromatic heterocycles. The zero-order valence-electron chi connectivity index (χ0n) is 26.7. The van der Waals surface area contributed by atoms with Crippen molar-refractivity contribution in [2.45, 2.75) is 79.1 Å². The third-order valence-corrected chi connectivity index (χ3v) is 6.65. The molecule has 45 heavy (non-hydrogen) atoms. The number of hydrogen-bond donors (Lipinski definition) is 0. The van der Waals surface area contributed by atoms with Crippen LogP contribution in [0.25, 0.3) is 0 Å². The maximum atomic E-state index is 9.93. The number of hydrogen-bond acceptors (Lipinski definition) is 3. The number of nitriles is 1. The molecule has 0 atom stereocenters. The molecule has 4 rings (SSSR count). The third kappa shape index (κ3) is 13.9. The van der Waals surface area contributed by atoms with E-state index in [1.54, 1.807) is 12.1 Å². The summed E-state index contributed by atoms with van der Waals surface area (Å²) in [6, 6.07) is 24.6. The van der Waals surface area contributed by atoms with Gasteiger partial charge in [0, 0.05) is 12.4 Å². The number of nitrogens with zero attached hydrogens (tertiary/aromatic N) is 3. The molecular weight excluding hydrogens is 883 g/mol. The van der Waals surface area contributed by atoms with Crippen LogP contribution in [0.2, 0.25) is 0 Å². The molecule has 0 saturated carbocycles. The Morgan fingerprint density at radius 3 is 1.07 bits per heavy atom. The van der Waals surface area contributed by atoms with Crippen molar-refractivity contribution in [1.29, 1.82) is 5.26 Å². The summed E-state index contributed by atoms with van der Waals surface area (Å²) in [6.07, 6.45) is 4.32. The Bertz CT molecular complexity index is 1330. The topological polar surface area (TPSA) is 30.3 Å². The Morgan fingerprint density at radius 1 is 0.556 bits per heavy atom. The molecule has 3 aromatic rings. The van der Waals surface area contributed by atoms with Crippen LogP contribution in [0, 0.1) is 18.0 Å². The standard InChI is InChI=1S/C27H36N2.C7H5N.Au.6FH.Sb/c1-18(2)22-11-9-12-23(19(3)4)26(22)28-15-16-29(17-28)27-24(20(5)6)13-10-14-25(27)21(7)8;8-6-7-4-2-1-3-5-7;;;;;;;;/h9-16,18-21H,1-8H3;1-5H;;6*1H;/q;;+1;;;;;;;+5/p-6. The van der Waals surface area contributed by atoms with Crippen molar-refractivity contribution in [1.82, 2.24) is 0 Å². The van der Waals surface area contributed by atoms with Gasteiger partial charge < -0.3 is 9.80 Å². The molecule has 250 valence electrons. The van der Waals surface area contributed by atoms with Crippen molar-refractivity contribution in [3.63, 3.8) is 0 Å². The summed E-state index contributed by atoms with van der Waals surface area (Å²) >= 11 is -11.2. The SMILES string of the molecule is CC(C)c1cccc(C(C)C)c1N1[C]N(c2c(C(C)C)cccc2C(C)C)C=C1.N#Cc1ccccc1.[Au+].[F][Sb-]([F])([F])([F])([F])[F]. The Balaban J connectivity index is 0.000000520. The molecule has 3 nitrogen and oxygen atoms in total. The summed E-state index contributed by atoms with van der Waals surface area (Å²) in [5.74, 6) is 1.84. The zero-order chi connectivity index (χ0) is 33.5. The van der Waals surface area contributed by atoms with Crippen molar-refractivity contribution < 1.29 is 39.3 Å². The molecule has 3 aromatic carbocycles. The Morgan fingerprint density at radius 2 is 0.844 bits per heavy atom. The van der Waals surface area contributed by atoms with E-state index in [2.05, 4.69) is 121 Å². The van der Waals surface area contributed by atoms with E-state index in [0.29, 0.717) is 29.2 Å². The van der Waals surface area contributed by atoms with Gasteiger partial charge in [0.25, 0.3) is 0 Å². The van der Waals surface area contributed by atoms with Gasteiger partial charge in [-0.2, -0.15) is 5.26 Å². The first-order valence-electron chi connectivity index (χ1n) is 14.4. The number of halogens is 6. The van der Waals surface area contributed by atoms with Crippen LogP contribution in [0.1, 0.15) is 107 Å². The van der Waals surface area contributed by atoms with Gasteiger partial charge in [-0.1, -0.05) is 110 Å². The fourth-order valence-electron chi connectivity index (χ4n) is 4.66. The van der Waals surface area contributed by atoms with Gasteiger partial charge in [0.05, 0.1) is 23.0 Å². The van der Waals surface area contributed by atoms with Crippen LogP contribution < -0.4 is 9.80 Å². The van der Waals surface area contributed by atoms with Gasteiger partial charge in [-0.3, -0.25) is 0 Å². The second-order valence-corrected chi connectivity index (χ2v) is 17.2. The number of rotatable bonds is 6. The molecule has 0 spiro atoms. The quantitative estimate of drug-likeness (QED) is 0.182. The van der Waals surface area contributed by atoms with Crippen molar-refractivity contribution in [2.24, 2.45) is 0 Å². The van der Waals surface area contributed by atoms with E-state index in [9.17, 15) is 16.9 Å². The molecular formula is C34H41AuF6N3Sb. The predicted molar refractivity (Wildman–Crippen MR) is 170 cm³/mol. The molecule has 1 heterocycles. The van der Waals surface area contributed by atoms with E-state index in [-0.39, 0.29) is 22.4 Å². The van der Waals surface area contributed by atoms with Crippen molar-refractivity contribution >= 4 is 30.8 Å². The summed E-state index contributed by atoms with van der Waals surface area (Å²) in [6.45, 7) is 21.8. The summed E-state index contributed by atoms with van der Waals surface area (Å²) in [5, 5.41) is 8.29. The molecule has 0 N–H and O–H groups in total. The van der Waals surface area contributed by atoms with Crippen molar-refractivity contribution in [2.75, 3.05) is 9.80 Å². The molecule has 0 aliphatic carbocycles. The predicted octanol–water partition coefficient (Wildman–Crippen LogP) is 11.7. The second kappa shape index (κ2) is 15.5. The van der Waals surface area contributed by atoms with Crippen LogP contribution in [0.15, 0.2) is 79.1 Å². The molecule has 0 bridgehead atoms. The fraction of sp³-hybridized carbons (Fsp3) is 0.353. The Labute approximate surface area is 282 Å². The zero-order valence-corrected chi connectivity index (χ0v) is 31.4. The summed E-state index contributed by atoms with van der Waals surface area (Å²) in [4.78, 5) is 4.40. The monoisotopic (exact) mass is 923 g/mol. The minimum absolute atomic E-state index is 0. The van der Waals surface area contributed by atoms with E-state index < -0.39 is 19.5 Å². The summed E-state index contributed by atoms with van der Waals surface area (Å²) in [5.41, 5.74) is 8.77. The van der Waals surface area contributed by atoms with E-state index >= 15 is 0 Å². The Kier molecular flexibility index (Phi) is 14.0. The van der Waals surface area contributed by atoms with Gasteiger partial charge in [-0.25, -0.2) is 0 Å². The summed E-state index contributed by atoms with van der Waals surface area (Å²) < 4.78 is 59.6. The van der Waals surface area contributed by atoms with Gasteiger partial charge in [-0.05, 0) is 58.1 Å². The van der Waals surface area contributed by atoms with Crippen LogP contribution >= 0.6 is 0 Å². The average Bonchev–Trinajstić information content (AvgIpc) is 3.40. The van der Waals surface area contributed by atoms with Crippen molar-refractivity contribution in [3.8, 4) is 6.07 Å². The molecule has 0 unspecified atom stereocenters. The van der Waals surface area contributed by atoms with Crippen molar-refractivity contribution in [3.05, 3.63) is 114 Å². The van der Waals surface area contributed by atoms with E-state index in [1.165, 1.54) is 33.6 Å². The number of benzene rings is 3. The first kappa shape index (κ1) is 40.7. The second-order valence-electron chi connectivity index (χ2n) is 11.8. The van der Waals surface area contributed by atoms with E-state index in [0.717, 1.165) is 0 Å². The fourth-order valence-corrected chi connectivity index (χ4v) is 4.66. The van der Waals surface area contributed by atoms with Crippen LogP contribution in [0.4, 0.5) is 28.3 Å². The van der Waals surface area contributed by atoms with Gasteiger partial charge in [-0.15, -0.1) is 0 Å². The Hall–Kier alpha value is -2.37. The molecule has 2 radical (unpaired) electrons.